The van der Waals surface area contributed by atoms with Crippen LogP contribution in [-0.2, 0) is 4.74 Å². The number of rotatable bonds is 3. The maximum atomic E-state index is 6.21. The van der Waals surface area contributed by atoms with Crippen LogP contribution in [0.4, 0.5) is 0 Å². The van der Waals surface area contributed by atoms with Gasteiger partial charge in [0, 0.05) is 5.92 Å². The molecule has 96 valence electrons. The molecular weight excluding hydrogens is 210 g/mol. The minimum absolute atomic E-state index is 0.134. The van der Waals surface area contributed by atoms with Crippen molar-refractivity contribution in [1.29, 1.82) is 0 Å². The Morgan fingerprint density at radius 2 is 2.24 bits per heavy atom. The summed E-state index contributed by atoms with van der Waals surface area (Å²) in [6.07, 6.45) is 6.65. The van der Waals surface area contributed by atoms with Crippen molar-refractivity contribution in [1.82, 2.24) is 0 Å². The van der Waals surface area contributed by atoms with Crippen molar-refractivity contribution in [3.05, 3.63) is 0 Å². The second kappa shape index (κ2) is 3.49. The SMILES string of the molecule is CCCC(C)C1=N[C@]23CC[C@H](C[C@H]2O1)C3(C)C. The zero-order valence-electron chi connectivity index (χ0n) is 11.6. The van der Waals surface area contributed by atoms with E-state index in [1.54, 1.807) is 0 Å². The van der Waals surface area contributed by atoms with Crippen LogP contribution in [0.15, 0.2) is 4.99 Å². The summed E-state index contributed by atoms with van der Waals surface area (Å²) >= 11 is 0. The van der Waals surface area contributed by atoms with Gasteiger partial charge in [0.25, 0.3) is 0 Å². The van der Waals surface area contributed by atoms with Crippen molar-refractivity contribution < 1.29 is 4.74 Å². The topological polar surface area (TPSA) is 21.6 Å². The normalized spacial score (nSPS) is 43.2. The summed E-state index contributed by atoms with van der Waals surface area (Å²) in [5.74, 6) is 2.40. The van der Waals surface area contributed by atoms with E-state index in [2.05, 4.69) is 27.7 Å². The molecule has 0 aromatic heterocycles. The largest absolute Gasteiger partial charge is 0.475 e. The van der Waals surface area contributed by atoms with E-state index in [9.17, 15) is 0 Å². The first-order chi connectivity index (χ1) is 8.01. The Balaban J connectivity index is 1.90. The fourth-order valence-corrected chi connectivity index (χ4v) is 4.44. The van der Waals surface area contributed by atoms with E-state index in [4.69, 9.17) is 9.73 Å². The molecule has 2 heteroatoms. The third kappa shape index (κ3) is 1.30. The first-order valence-electron chi connectivity index (χ1n) is 7.27. The summed E-state index contributed by atoms with van der Waals surface area (Å²) in [5.41, 5.74) is 0.486. The molecule has 0 saturated heterocycles. The number of aliphatic imine (C=N–C) groups is 1. The van der Waals surface area contributed by atoms with Crippen molar-refractivity contribution in [2.45, 2.75) is 71.4 Å². The van der Waals surface area contributed by atoms with Gasteiger partial charge < -0.3 is 4.74 Å². The zero-order chi connectivity index (χ0) is 12.3. The maximum absolute atomic E-state index is 6.21. The Morgan fingerprint density at radius 3 is 2.82 bits per heavy atom. The molecule has 2 saturated carbocycles. The highest BCUT2D eigenvalue weighted by atomic mass is 16.5. The molecule has 0 radical (unpaired) electrons. The number of ether oxygens (including phenoxy) is 1. The van der Waals surface area contributed by atoms with Crippen LogP contribution in [0.2, 0.25) is 0 Å². The molecule has 1 aliphatic heterocycles. The van der Waals surface area contributed by atoms with Crippen LogP contribution >= 0.6 is 0 Å². The smallest absolute Gasteiger partial charge is 0.187 e. The lowest BCUT2D eigenvalue weighted by atomic mass is 9.76. The third-order valence-corrected chi connectivity index (χ3v) is 5.76. The predicted molar refractivity (Wildman–Crippen MR) is 70.2 cm³/mol. The monoisotopic (exact) mass is 235 g/mol. The van der Waals surface area contributed by atoms with Gasteiger partial charge in [-0.3, -0.25) is 0 Å². The molecule has 2 bridgehead atoms. The molecule has 2 nitrogen and oxygen atoms in total. The van der Waals surface area contributed by atoms with Crippen LogP contribution in [0.1, 0.15) is 59.8 Å². The molecule has 0 aromatic rings. The van der Waals surface area contributed by atoms with Gasteiger partial charge in [0.2, 0.25) is 0 Å². The molecule has 2 fully saturated rings. The van der Waals surface area contributed by atoms with E-state index in [1.807, 2.05) is 0 Å². The van der Waals surface area contributed by atoms with Gasteiger partial charge in [-0.05, 0) is 37.0 Å². The summed E-state index contributed by atoms with van der Waals surface area (Å²) in [6.45, 7) is 9.32. The maximum Gasteiger partial charge on any atom is 0.187 e. The van der Waals surface area contributed by atoms with E-state index < -0.39 is 0 Å². The molecule has 17 heavy (non-hydrogen) atoms. The fourth-order valence-electron chi connectivity index (χ4n) is 4.44. The Hall–Kier alpha value is -0.530. The minimum Gasteiger partial charge on any atom is -0.475 e. The third-order valence-electron chi connectivity index (χ3n) is 5.76. The van der Waals surface area contributed by atoms with Crippen molar-refractivity contribution in [2.24, 2.45) is 22.2 Å². The summed E-state index contributed by atoms with van der Waals surface area (Å²) in [5, 5.41) is 0. The van der Waals surface area contributed by atoms with Gasteiger partial charge in [0.1, 0.15) is 11.6 Å². The lowest BCUT2D eigenvalue weighted by Gasteiger charge is -2.33. The van der Waals surface area contributed by atoms with Gasteiger partial charge >= 0.3 is 0 Å². The molecule has 2 aliphatic carbocycles. The lowest BCUT2D eigenvalue weighted by Crippen LogP contribution is -2.41. The molecule has 1 heterocycles. The molecular formula is C15H25NO. The second-order valence-corrected chi connectivity index (χ2v) is 6.86. The standard InChI is InChI=1S/C15H25NO/c1-5-6-10(2)13-16-15-8-7-11(14(15,3)4)9-12(15)17-13/h10-12H,5-9H2,1-4H3/t10?,11-,12-,15-/m1/s1. The molecule has 4 atom stereocenters. The first kappa shape index (κ1) is 11.6. The van der Waals surface area contributed by atoms with Crippen molar-refractivity contribution >= 4 is 5.90 Å². The van der Waals surface area contributed by atoms with Crippen LogP contribution in [0, 0.1) is 17.3 Å². The number of fused-ring (bicyclic) bond motifs is 1. The molecule has 0 amide bonds. The number of hydrogen-bond donors (Lipinski definition) is 0. The highest BCUT2D eigenvalue weighted by Crippen LogP contribution is 2.64. The van der Waals surface area contributed by atoms with E-state index in [0.717, 1.165) is 11.8 Å². The second-order valence-electron chi connectivity index (χ2n) is 6.86. The summed E-state index contributed by atoms with van der Waals surface area (Å²) in [6, 6.07) is 0. The molecule has 0 N–H and O–H groups in total. The van der Waals surface area contributed by atoms with Gasteiger partial charge in [0.15, 0.2) is 5.90 Å². The van der Waals surface area contributed by atoms with Gasteiger partial charge in [-0.25, -0.2) is 4.99 Å². The van der Waals surface area contributed by atoms with Crippen LogP contribution in [-0.4, -0.2) is 17.5 Å². The van der Waals surface area contributed by atoms with Crippen molar-refractivity contribution in [3.8, 4) is 0 Å². The van der Waals surface area contributed by atoms with Crippen LogP contribution in [0.25, 0.3) is 0 Å². The summed E-state index contributed by atoms with van der Waals surface area (Å²) in [4.78, 5) is 5.11. The minimum atomic E-state index is 0.134. The highest BCUT2D eigenvalue weighted by molar-refractivity contribution is 5.81. The molecule has 1 unspecified atom stereocenters. The Bertz CT molecular complexity index is 360. The predicted octanol–water partition coefficient (Wildman–Crippen LogP) is 3.80. The van der Waals surface area contributed by atoms with Crippen LogP contribution in [0.3, 0.4) is 0 Å². The molecule has 1 spiro atoms. The Morgan fingerprint density at radius 1 is 1.47 bits per heavy atom. The average Bonchev–Trinajstić information content (AvgIpc) is 2.84. The van der Waals surface area contributed by atoms with E-state index in [1.165, 1.54) is 32.1 Å². The Kier molecular flexibility index (Phi) is 2.37. The number of hydrogen-bond acceptors (Lipinski definition) is 2. The van der Waals surface area contributed by atoms with Crippen molar-refractivity contribution in [3.63, 3.8) is 0 Å². The Labute approximate surface area is 105 Å². The zero-order valence-corrected chi connectivity index (χ0v) is 11.6. The average molecular weight is 235 g/mol. The summed E-state index contributed by atoms with van der Waals surface area (Å²) < 4.78 is 6.21. The van der Waals surface area contributed by atoms with E-state index >= 15 is 0 Å². The van der Waals surface area contributed by atoms with E-state index in [-0.39, 0.29) is 5.54 Å². The quantitative estimate of drug-likeness (QED) is 0.729. The van der Waals surface area contributed by atoms with Gasteiger partial charge in [0.05, 0.1) is 0 Å². The van der Waals surface area contributed by atoms with E-state index in [0.29, 0.717) is 17.4 Å². The van der Waals surface area contributed by atoms with Crippen molar-refractivity contribution in [2.75, 3.05) is 0 Å². The fraction of sp³-hybridized carbons (Fsp3) is 0.933. The van der Waals surface area contributed by atoms with Crippen LogP contribution < -0.4 is 0 Å². The number of nitrogens with zero attached hydrogens (tertiary/aromatic N) is 1. The lowest BCUT2D eigenvalue weighted by molar-refractivity contribution is 0.112. The van der Waals surface area contributed by atoms with Crippen LogP contribution in [0.5, 0.6) is 0 Å². The molecule has 3 aliphatic rings. The van der Waals surface area contributed by atoms with Gasteiger partial charge in [-0.1, -0.05) is 34.1 Å². The first-order valence-corrected chi connectivity index (χ1v) is 7.27. The molecule has 0 aromatic carbocycles. The summed E-state index contributed by atoms with van der Waals surface area (Å²) in [7, 11) is 0. The van der Waals surface area contributed by atoms with Gasteiger partial charge in [-0.2, -0.15) is 0 Å². The van der Waals surface area contributed by atoms with Gasteiger partial charge in [-0.15, -0.1) is 0 Å². The highest BCUT2D eigenvalue weighted by Gasteiger charge is 2.68. The molecule has 3 rings (SSSR count).